The number of rotatable bonds is 3. The minimum Gasteiger partial charge on any atom is -0.354 e. The number of piperazine rings is 1. The first-order valence-electron chi connectivity index (χ1n) is 8.53. The van der Waals surface area contributed by atoms with E-state index in [0.29, 0.717) is 0 Å². The van der Waals surface area contributed by atoms with Gasteiger partial charge in [-0.1, -0.05) is 0 Å². The predicted octanol–water partition coefficient (Wildman–Crippen LogP) is 3.56. The second-order valence-electron chi connectivity index (χ2n) is 6.37. The van der Waals surface area contributed by atoms with Crippen LogP contribution in [-0.2, 0) is 16.0 Å². The van der Waals surface area contributed by atoms with Crippen molar-refractivity contribution in [2.75, 3.05) is 31.1 Å². The average molecular weight is 427 g/mol. The smallest absolute Gasteiger partial charge is 0.354 e. The molecule has 0 saturated carbocycles. The van der Waals surface area contributed by atoms with Crippen LogP contribution in [0, 0.1) is 0 Å². The molecule has 0 unspecified atom stereocenters. The summed E-state index contributed by atoms with van der Waals surface area (Å²) in [7, 11) is -3.92. The van der Waals surface area contributed by atoms with Crippen LogP contribution < -0.4 is 10.2 Å². The lowest BCUT2D eigenvalue weighted by molar-refractivity contribution is -0.137. The van der Waals surface area contributed by atoms with Crippen molar-refractivity contribution >= 4 is 37.1 Å². The number of nitrogens with one attached hydrogen (secondary N) is 1. The van der Waals surface area contributed by atoms with Crippen LogP contribution in [-0.4, -0.2) is 39.6 Å². The van der Waals surface area contributed by atoms with Gasteiger partial charge in [0, 0.05) is 42.5 Å². The second-order valence-corrected chi connectivity index (χ2v) is 9.63. The topological polar surface area (TPSA) is 62.3 Å². The quantitative estimate of drug-likeness (QED) is 0.693. The third-order valence-corrected chi connectivity index (χ3v) is 7.92. The van der Waals surface area contributed by atoms with E-state index in [1.165, 1.54) is 0 Å². The molecule has 0 spiro atoms. The lowest BCUT2D eigenvalue weighted by Gasteiger charge is -2.28. The molecule has 148 valence electrons. The molecule has 0 aliphatic carbocycles. The van der Waals surface area contributed by atoms with Gasteiger partial charge < -0.3 is 10.2 Å². The molecule has 4 rings (SSSR count). The van der Waals surface area contributed by atoms with E-state index in [-0.39, 0.29) is 9.10 Å². The van der Waals surface area contributed by atoms with E-state index in [2.05, 4.69) is 15.2 Å². The summed E-state index contributed by atoms with van der Waals surface area (Å²) in [6.07, 6.45) is -2.87. The van der Waals surface area contributed by atoms with E-state index in [0.717, 1.165) is 77.7 Å². The highest BCUT2D eigenvalue weighted by molar-refractivity contribution is 7.93. The van der Waals surface area contributed by atoms with Crippen molar-refractivity contribution in [2.24, 2.45) is 0 Å². The number of thiophene rings is 1. The van der Waals surface area contributed by atoms with Gasteiger partial charge in [0.15, 0.2) is 0 Å². The summed E-state index contributed by atoms with van der Waals surface area (Å²) in [6.45, 7) is 3.17. The Morgan fingerprint density at radius 3 is 2.39 bits per heavy atom. The molecule has 5 nitrogen and oxygen atoms in total. The SMILES string of the molecule is O=S(=O)(c1ccc(C(F)(F)F)cc1)c1cc2c(N3CCNCC3)nccc2s1. The Balaban J connectivity index is 1.74. The molecule has 0 amide bonds. The highest BCUT2D eigenvalue weighted by atomic mass is 32.2. The van der Waals surface area contributed by atoms with Gasteiger partial charge >= 0.3 is 6.18 Å². The van der Waals surface area contributed by atoms with Gasteiger partial charge in [0.2, 0.25) is 9.84 Å². The fraction of sp³-hybridized carbons (Fsp3) is 0.278. The number of pyridine rings is 1. The number of fused-ring (bicyclic) bond motifs is 1. The first-order chi connectivity index (χ1) is 13.3. The summed E-state index contributed by atoms with van der Waals surface area (Å²) in [4.78, 5) is 6.36. The monoisotopic (exact) mass is 427 g/mol. The number of sulfone groups is 1. The van der Waals surface area contributed by atoms with Crippen molar-refractivity contribution in [2.45, 2.75) is 15.3 Å². The zero-order valence-corrected chi connectivity index (χ0v) is 16.2. The molecule has 0 radical (unpaired) electrons. The Hall–Kier alpha value is -2.17. The minimum absolute atomic E-state index is 0.0895. The zero-order chi connectivity index (χ0) is 19.9. The summed E-state index contributed by atoms with van der Waals surface area (Å²) in [5.41, 5.74) is -0.881. The van der Waals surface area contributed by atoms with Crippen LogP contribution in [0.15, 0.2) is 51.7 Å². The maximum absolute atomic E-state index is 12.9. The molecule has 1 aliphatic heterocycles. The Kier molecular flexibility index (Phi) is 4.80. The molecule has 0 atom stereocenters. The van der Waals surface area contributed by atoms with Crippen molar-refractivity contribution in [1.29, 1.82) is 0 Å². The summed E-state index contributed by atoms with van der Waals surface area (Å²) >= 11 is 1.09. The highest BCUT2D eigenvalue weighted by Crippen LogP contribution is 2.37. The van der Waals surface area contributed by atoms with E-state index in [1.807, 2.05) is 0 Å². The first-order valence-corrected chi connectivity index (χ1v) is 10.8. The Labute approximate surface area is 163 Å². The maximum Gasteiger partial charge on any atom is 0.416 e. The fourth-order valence-electron chi connectivity index (χ4n) is 3.13. The van der Waals surface area contributed by atoms with Crippen LogP contribution in [0.2, 0.25) is 0 Å². The van der Waals surface area contributed by atoms with E-state index in [9.17, 15) is 21.6 Å². The van der Waals surface area contributed by atoms with Crippen molar-refractivity contribution in [1.82, 2.24) is 10.3 Å². The molecule has 1 aromatic carbocycles. The molecule has 3 aromatic rings. The molecular weight excluding hydrogens is 411 g/mol. The van der Waals surface area contributed by atoms with Gasteiger partial charge in [-0.2, -0.15) is 13.2 Å². The van der Waals surface area contributed by atoms with Gasteiger partial charge in [-0.25, -0.2) is 13.4 Å². The van der Waals surface area contributed by atoms with Gasteiger partial charge in [-0.15, -0.1) is 11.3 Å². The molecular formula is C18H16F3N3O2S2. The second kappa shape index (κ2) is 7.02. The molecule has 2 aromatic heterocycles. The third kappa shape index (κ3) is 3.47. The standard InChI is InChI=1S/C18H16F3N3O2S2/c19-18(20,21)12-1-3-13(4-2-12)28(25,26)16-11-14-15(27-16)5-6-23-17(14)24-9-7-22-8-10-24/h1-6,11,22H,7-10H2. The lowest BCUT2D eigenvalue weighted by Crippen LogP contribution is -2.43. The third-order valence-electron chi connectivity index (χ3n) is 4.58. The number of halogens is 3. The summed E-state index contributed by atoms with van der Waals surface area (Å²) in [6, 6.07) is 6.88. The number of hydrogen-bond acceptors (Lipinski definition) is 6. The Morgan fingerprint density at radius 1 is 1.07 bits per heavy atom. The number of nitrogens with zero attached hydrogens (tertiary/aromatic N) is 2. The number of alkyl halides is 3. The normalized spacial score (nSPS) is 15.9. The van der Waals surface area contributed by atoms with Gasteiger partial charge in [-0.05, 0) is 36.4 Å². The Bertz CT molecular complexity index is 1100. The van der Waals surface area contributed by atoms with Gasteiger partial charge in [0.1, 0.15) is 10.0 Å². The van der Waals surface area contributed by atoms with Crippen molar-refractivity contribution in [3.63, 3.8) is 0 Å². The molecule has 3 heterocycles. The van der Waals surface area contributed by atoms with Crippen LogP contribution in [0.25, 0.3) is 10.1 Å². The van der Waals surface area contributed by atoms with Crippen molar-refractivity contribution in [3.05, 3.63) is 48.2 Å². The predicted molar refractivity (Wildman–Crippen MR) is 102 cm³/mol. The van der Waals surface area contributed by atoms with E-state index in [1.54, 1.807) is 18.3 Å². The highest BCUT2D eigenvalue weighted by Gasteiger charge is 2.31. The number of benzene rings is 1. The van der Waals surface area contributed by atoms with Gasteiger partial charge in [0.25, 0.3) is 0 Å². The molecule has 1 fully saturated rings. The maximum atomic E-state index is 12.9. The van der Waals surface area contributed by atoms with Crippen LogP contribution in [0.4, 0.5) is 19.0 Å². The van der Waals surface area contributed by atoms with E-state index in [4.69, 9.17) is 0 Å². The molecule has 0 bridgehead atoms. The van der Waals surface area contributed by atoms with Gasteiger partial charge in [-0.3, -0.25) is 0 Å². The Morgan fingerprint density at radius 2 is 1.75 bits per heavy atom. The van der Waals surface area contributed by atoms with E-state index < -0.39 is 21.6 Å². The molecule has 1 aliphatic rings. The van der Waals surface area contributed by atoms with Crippen molar-refractivity contribution in [3.8, 4) is 0 Å². The zero-order valence-electron chi connectivity index (χ0n) is 14.5. The molecule has 1 saturated heterocycles. The van der Waals surface area contributed by atoms with Gasteiger partial charge in [0.05, 0.1) is 10.5 Å². The van der Waals surface area contributed by atoms with Crippen LogP contribution in [0.3, 0.4) is 0 Å². The first kappa shape index (κ1) is 19.2. The number of hydrogen-bond donors (Lipinski definition) is 1. The van der Waals surface area contributed by atoms with Crippen LogP contribution in [0.1, 0.15) is 5.56 Å². The minimum atomic E-state index is -4.51. The van der Waals surface area contributed by atoms with Crippen LogP contribution in [0.5, 0.6) is 0 Å². The fourth-order valence-corrected chi connectivity index (χ4v) is 5.90. The lowest BCUT2D eigenvalue weighted by atomic mass is 10.2. The summed E-state index contributed by atoms with van der Waals surface area (Å²) < 4.78 is 64.9. The van der Waals surface area contributed by atoms with E-state index >= 15 is 0 Å². The summed E-state index contributed by atoms with van der Waals surface area (Å²) in [5, 5.41) is 3.99. The summed E-state index contributed by atoms with van der Waals surface area (Å²) in [5.74, 6) is 0.726. The molecule has 1 N–H and O–H groups in total. The van der Waals surface area contributed by atoms with Crippen molar-refractivity contribution < 1.29 is 21.6 Å². The number of anilines is 1. The molecule has 28 heavy (non-hydrogen) atoms. The average Bonchev–Trinajstić information content (AvgIpc) is 3.13. The largest absolute Gasteiger partial charge is 0.416 e. The molecule has 10 heteroatoms. The van der Waals surface area contributed by atoms with Crippen LogP contribution >= 0.6 is 11.3 Å². The number of aromatic nitrogens is 1.